The monoisotopic (exact) mass is 141 g/mol. The minimum absolute atomic E-state index is 0.236. The van der Waals surface area contributed by atoms with E-state index >= 15 is 0 Å². The predicted molar refractivity (Wildman–Crippen MR) is 39.7 cm³/mol. The van der Waals surface area contributed by atoms with E-state index in [0.29, 0.717) is 6.04 Å². The lowest BCUT2D eigenvalue weighted by Crippen LogP contribution is -2.25. The second kappa shape index (κ2) is 2.21. The fourth-order valence-electron chi connectivity index (χ4n) is 2.25. The molecule has 1 saturated heterocycles. The van der Waals surface area contributed by atoms with Crippen LogP contribution in [-0.2, 0) is 4.74 Å². The van der Waals surface area contributed by atoms with Gasteiger partial charge in [0.25, 0.3) is 0 Å². The SMILES string of the molecule is N[C@@H]1COC2(CCCC2)C1. The van der Waals surface area contributed by atoms with Crippen LogP contribution in [0.4, 0.5) is 0 Å². The van der Waals surface area contributed by atoms with Crippen LogP contribution in [0.25, 0.3) is 0 Å². The molecule has 10 heavy (non-hydrogen) atoms. The van der Waals surface area contributed by atoms with Crippen LogP contribution in [0.5, 0.6) is 0 Å². The van der Waals surface area contributed by atoms with Gasteiger partial charge in [0.15, 0.2) is 0 Å². The Bertz CT molecular complexity index is 129. The standard InChI is InChI=1S/C8H15NO/c9-7-5-8(10-6-7)3-1-2-4-8/h7H,1-6,9H2/t7-/m0/s1. The van der Waals surface area contributed by atoms with Crippen LogP contribution in [0.1, 0.15) is 32.1 Å². The van der Waals surface area contributed by atoms with E-state index in [9.17, 15) is 0 Å². The van der Waals surface area contributed by atoms with Crippen LogP contribution in [-0.4, -0.2) is 18.2 Å². The van der Waals surface area contributed by atoms with Crippen molar-refractivity contribution in [2.24, 2.45) is 5.73 Å². The molecule has 2 nitrogen and oxygen atoms in total. The molecule has 2 heteroatoms. The summed E-state index contributed by atoms with van der Waals surface area (Å²) in [7, 11) is 0. The van der Waals surface area contributed by atoms with Gasteiger partial charge in [0.05, 0.1) is 12.2 Å². The minimum atomic E-state index is 0.236. The van der Waals surface area contributed by atoms with Crippen molar-refractivity contribution in [1.29, 1.82) is 0 Å². The Morgan fingerprint density at radius 2 is 2.00 bits per heavy atom. The highest BCUT2D eigenvalue weighted by atomic mass is 16.5. The maximum Gasteiger partial charge on any atom is 0.0699 e. The average molecular weight is 141 g/mol. The van der Waals surface area contributed by atoms with E-state index in [1.807, 2.05) is 0 Å². The second-order valence-corrected chi connectivity index (χ2v) is 3.67. The second-order valence-electron chi connectivity index (χ2n) is 3.67. The molecule has 1 spiro atoms. The van der Waals surface area contributed by atoms with Crippen molar-refractivity contribution in [3.63, 3.8) is 0 Å². The van der Waals surface area contributed by atoms with E-state index in [1.165, 1.54) is 25.7 Å². The Morgan fingerprint density at radius 1 is 1.30 bits per heavy atom. The van der Waals surface area contributed by atoms with Crippen molar-refractivity contribution in [3.8, 4) is 0 Å². The van der Waals surface area contributed by atoms with Crippen LogP contribution < -0.4 is 5.73 Å². The van der Waals surface area contributed by atoms with Crippen molar-refractivity contribution >= 4 is 0 Å². The van der Waals surface area contributed by atoms with Gasteiger partial charge in [-0.1, -0.05) is 12.8 Å². The van der Waals surface area contributed by atoms with Crippen molar-refractivity contribution in [2.45, 2.75) is 43.7 Å². The third kappa shape index (κ3) is 0.956. The van der Waals surface area contributed by atoms with Gasteiger partial charge in [-0.05, 0) is 19.3 Å². The molecule has 0 radical (unpaired) electrons. The number of ether oxygens (including phenoxy) is 1. The van der Waals surface area contributed by atoms with Gasteiger partial charge in [-0.25, -0.2) is 0 Å². The number of rotatable bonds is 0. The minimum Gasteiger partial charge on any atom is -0.373 e. The first-order valence-electron chi connectivity index (χ1n) is 4.20. The van der Waals surface area contributed by atoms with Crippen LogP contribution in [0.15, 0.2) is 0 Å². The lowest BCUT2D eigenvalue weighted by molar-refractivity contribution is 0.0102. The highest BCUT2D eigenvalue weighted by molar-refractivity contribution is 4.94. The normalized spacial score (nSPS) is 37.5. The molecule has 1 atom stereocenters. The maximum atomic E-state index is 5.76. The fourth-order valence-corrected chi connectivity index (χ4v) is 2.25. The molecule has 0 aromatic rings. The van der Waals surface area contributed by atoms with Crippen LogP contribution in [0.2, 0.25) is 0 Å². The topological polar surface area (TPSA) is 35.2 Å². The smallest absolute Gasteiger partial charge is 0.0699 e. The predicted octanol–water partition coefficient (Wildman–Crippen LogP) is 1.05. The molecule has 2 fully saturated rings. The fraction of sp³-hybridized carbons (Fsp3) is 1.00. The highest BCUT2D eigenvalue weighted by Crippen LogP contribution is 2.40. The summed E-state index contributed by atoms with van der Waals surface area (Å²) in [5.74, 6) is 0. The number of hydrogen-bond donors (Lipinski definition) is 1. The van der Waals surface area contributed by atoms with Gasteiger partial charge in [0, 0.05) is 6.04 Å². The average Bonchev–Trinajstić information content (AvgIpc) is 2.46. The van der Waals surface area contributed by atoms with Gasteiger partial charge in [-0.2, -0.15) is 0 Å². The first-order valence-corrected chi connectivity index (χ1v) is 4.20. The quantitative estimate of drug-likeness (QED) is 0.547. The van der Waals surface area contributed by atoms with Gasteiger partial charge < -0.3 is 10.5 Å². The molecule has 0 amide bonds. The van der Waals surface area contributed by atoms with Crippen molar-refractivity contribution in [3.05, 3.63) is 0 Å². The summed E-state index contributed by atoms with van der Waals surface area (Å²) < 4.78 is 5.69. The van der Waals surface area contributed by atoms with Gasteiger partial charge >= 0.3 is 0 Å². The van der Waals surface area contributed by atoms with Crippen LogP contribution in [0.3, 0.4) is 0 Å². The Labute approximate surface area is 61.7 Å². The van der Waals surface area contributed by atoms with E-state index in [1.54, 1.807) is 0 Å². The molecule has 2 N–H and O–H groups in total. The van der Waals surface area contributed by atoms with Gasteiger partial charge in [-0.15, -0.1) is 0 Å². The van der Waals surface area contributed by atoms with Crippen LogP contribution >= 0.6 is 0 Å². The van der Waals surface area contributed by atoms with E-state index in [2.05, 4.69) is 0 Å². The molecule has 0 aromatic carbocycles. The first-order chi connectivity index (χ1) is 4.81. The lowest BCUT2D eigenvalue weighted by Gasteiger charge is -2.20. The molecular formula is C8H15NO. The molecule has 2 rings (SSSR count). The summed E-state index contributed by atoms with van der Waals surface area (Å²) >= 11 is 0. The van der Waals surface area contributed by atoms with E-state index in [4.69, 9.17) is 10.5 Å². The summed E-state index contributed by atoms with van der Waals surface area (Å²) in [4.78, 5) is 0. The van der Waals surface area contributed by atoms with E-state index < -0.39 is 0 Å². The zero-order valence-corrected chi connectivity index (χ0v) is 6.31. The summed E-state index contributed by atoms with van der Waals surface area (Å²) in [6, 6.07) is 0.318. The first kappa shape index (κ1) is 6.62. The van der Waals surface area contributed by atoms with Gasteiger partial charge in [0.2, 0.25) is 0 Å². The molecule has 1 aliphatic heterocycles. The Kier molecular flexibility index (Phi) is 1.46. The number of hydrogen-bond acceptors (Lipinski definition) is 2. The van der Waals surface area contributed by atoms with Crippen LogP contribution in [0, 0.1) is 0 Å². The summed E-state index contributed by atoms with van der Waals surface area (Å²) in [5.41, 5.74) is 6.00. The molecule has 58 valence electrons. The largest absolute Gasteiger partial charge is 0.373 e. The summed E-state index contributed by atoms with van der Waals surface area (Å²) in [6.07, 6.45) is 6.29. The molecule has 0 aromatic heterocycles. The zero-order valence-electron chi connectivity index (χ0n) is 6.31. The third-order valence-corrected chi connectivity index (χ3v) is 2.75. The Balaban J connectivity index is 2.03. The van der Waals surface area contributed by atoms with Gasteiger partial charge in [-0.3, -0.25) is 0 Å². The third-order valence-electron chi connectivity index (χ3n) is 2.75. The molecular weight excluding hydrogens is 126 g/mol. The van der Waals surface area contributed by atoms with Crippen molar-refractivity contribution in [2.75, 3.05) is 6.61 Å². The number of nitrogens with two attached hydrogens (primary N) is 1. The summed E-state index contributed by atoms with van der Waals surface area (Å²) in [5, 5.41) is 0. The highest BCUT2D eigenvalue weighted by Gasteiger charge is 2.40. The molecule has 1 heterocycles. The lowest BCUT2D eigenvalue weighted by atomic mass is 9.97. The molecule has 1 aliphatic carbocycles. The van der Waals surface area contributed by atoms with E-state index in [0.717, 1.165) is 13.0 Å². The molecule has 0 unspecified atom stereocenters. The molecule has 0 bridgehead atoms. The maximum absolute atomic E-state index is 5.76. The molecule has 2 aliphatic rings. The summed E-state index contributed by atoms with van der Waals surface area (Å²) in [6.45, 7) is 0.792. The Morgan fingerprint density at radius 3 is 2.50 bits per heavy atom. The van der Waals surface area contributed by atoms with Crippen molar-refractivity contribution < 1.29 is 4.74 Å². The van der Waals surface area contributed by atoms with Crippen molar-refractivity contribution in [1.82, 2.24) is 0 Å². The van der Waals surface area contributed by atoms with Gasteiger partial charge in [0.1, 0.15) is 0 Å². The Hall–Kier alpha value is -0.0800. The zero-order chi connectivity index (χ0) is 7.03. The molecule has 1 saturated carbocycles. The van der Waals surface area contributed by atoms with E-state index in [-0.39, 0.29) is 5.60 Å².